The molecule has 1 heterocycles. The van der Waals surface area contributed by atoms with Gasteiger partial charge < -0.3 is 28.8 Å². The Hall–Kier alpha value is -2.49. The van der Waals surface area contributed by atoms with Gasteiger partial charge in [0, 0.05) is 36.2 Å². The van der Waals surface area contributed by atoms with Crippen LogP contribution in [-0.4, -0.2) is 63.8 Å². The van der Waals surface area contributed by atoms with Crippen molar-refractivity contribution in [3.8, 4) is 0 Å². The maximum absolute atomic E-state index is 14.3. The molecule has 2 aromatic carbocycles. The van der Waals surface area contributed by atoms with Gasteiger partial charge in [-0.3, -0.25) is 4.79 Å². The Balaban J connectivity index is 1.32. The lowest BCUT2D eigenvalue weighted by Crippen LogP contribution is -2.20. The number of rotatable bonds is 16. The number of nitrogens with one attached hydrogen (secondary N) is 1. The predicted molar refractivity (Wildman–Crippen MR) is 133 cm³/mol. The van der Waals surface area contributed by atoms with Crippen molar-refractivity contribution in [3.05, 3.63) is 70.6 Å². The number of carbonyl (C=O) groups is 1. The molecule has 0 aliphatic heterocycles. The molecule has 0 aliphatic carbocycles. The van der Waals surface area contributed by atoms with E-state index in [1.165, 1.54) is 7.11 Å². The van der Waals surface area contributed by atoms with E-state index in [-0.39, 0.29) is 18.2 Å². The topological polar surface area (TPSA) is 71.0 Å². The van der Waals surface area contributed by atoms with Gasteiger partial charge in [-0.15, -0.1) is 0 Å². The normalized spacial score (nSPS) is 11.3. The SMILES string of the molecule is COC(=O)CCOCCOCCOCCNCc1cc(F)cc2c1ccn2Cc1ccc(Cl)cc1. The van der Waals surface area contributed by atoms with Gasteiger partial charge in [0.1, 0.15) is 5.82 Å². The molecule has 1 aromatic heterocycles. The summed E-state index contributed by atoms with van der Waals surface area (Å²) in [7, 11) is 1.35. The van der Waals surface area contributed by atoms with Crippen LogP contribution in [0.15, 0.2) is 48.7 Å². The minimum Gasteiger partial charge on any atom is -0.469 e. The molecule has 35 heavy (non-hydrogen) atoms. The second-order valence-electron chi connectivity index (χ2n) is 7.91. The molecule has 0 atom stereocenters. The summed E-state index contributed by atoms with van der Waals surface area (Å²) in [6.07, 6.45) is 2.22. The molecule has 0 saturated carbocycles. The van der Waals surface area contributed by atoms with Crippen LogP contribution in [0, 0.1) is 5.82 Å². The molecule has 0 amide bonds. The molecule has 3 rings (SSSR count). The average molecular weight is 507 g/mol. The summed E-state index contributed by atoms with van der Waals surface area (Å²) in [6, 6.07) is 12.8. The molecule has 0 bridgehead atoms. The first-order chi connectivity index (χ1) is 17.1. The van der Waals surface area contributed by atoms with Crippen LogP contribution in [0.2, 0.25) is 5.02 Å². The first-order valence-electron chi connectivity index (χ1n) is 11.6. The Morgan fingerprint density at radius 2 is 1.66 bits per heavy atom. The number of nitrogens with zero attached hydrogens (tertiary/aromatic N) is 1. The lowest BCUT2D eigenvalue weighted by Gasteiger charge is -2.10. The number of hydrogen-bond donors (Lipinski definition) is 1. The number of ether oxygens (including phenoxy) is 4. The van der Waals surface area contributed by atoms with Gasteiger partial charge in [-0.1, -0.05) is 23.7 Å². The van der Waals surface area contributed by atoms with Crippen molar-refractivity contribution in [2.45, 2.75) is 19.5 Å². The number of benzene rings is 2. The Kier molecular flexibility index (Phi) is 11.5. The fourth-order valence-electron chi connectivity index (χ4n) is 3.57. The van der Waals surface area contributed by atoms with Crippen LogP contribution >= 0.6 is 11.6 Å². The summed E-state index contributed by atoms with van der Waals surface area (Å²) < 4.78 is 37.1. The first kappa shape index (κ1) is 27.1. The van der Waals surface area contributed by atoms with Crippen LogP contribution in [-0.2, 0) is 36.8 Å². The summed E-state index contributed by atoms with van der Waals surface area (Å²) >= 11 is 5.97. The van der Waals surface area contributed by atoms with Crippen molar-refractivity contribution in [2.24, 2.45) is 0 Å². The molecule has 9 heteroatoms. The molecule has 1 N–H and O–H groups in total. The zero-order chi connectivity index (χ0) is 24.9. The molecule has 0 spiro atoms. The van der Waals surface area contributed by atoms with E-state index >= 15 is 0 Å². The van der Waals surface area contributed by atoms with E-state index in [4.69, 9.17) is 25.8 Å². The molecule has 7 nitrogen and oxygen atoms in total. The van der Waals surface area contributed by atoms with Crippen molar-refractivity contribution in [3.63, 3.8) is 0 Å². The van der Waals surface area contributed by atoms with Crippen molar-refractivity contribution < 1.29 is 28.1 Å². The van der Waals surface area contributed by atoms with Crippen molar-refractivity contribution >= 4 is 28.5 Å². The van der Waals surface area contributed by atoms with Crippen molar-refractivity contribution in [1.29, 1.82) is 0 Å². The zero-order valence-electron chi connectivity index (χ0n) is 19.9. The lowest BCUT2D eigenvalue weighted by atomic mass is 10.1. The third-order valence-electron chi connectivity index (χ3n) is 5.37. The monoisotopic (exact) mass is 506 g/mol. The fraction of sp³-hybridized carbons (Fsp3) is 0.423. The van der Waals surface area contributed by atoms with E-state index in [1.54, 1.807) is 12.1 Å². The standard InChI is InChI=1S/C26H32ClFN2O5/c1-32-26(31)7-10-33-12-14-35-15-13-34-11-8-29-18-21-16-23(28)17-25-24(21)6-9-30(25)19-20-2-4-22(27)5-3-20/h2-6,9,16-17,29H,7-8,10-15,18-19H2,1H3. The van der Waals surface area contributed by atoms with Gasteiger partial charge in [0.2, 0.25) is 0 Å². The lowest BCUT2D eigenvalue weighted by molar-refractivity contribution is -0.141. The van der Waals surface area contributed by atoms with Crippen LogP contribution in [0.4, 0.5) is 4.39 Å². The summed E-state index contributed by atoms with van der Waals surface area (Å²) in [5.74, 6) is -0.546. The molecule has 0 unspecified atom stereocenters. The highest BCUT2D eigenvalue weighted by atomic mass is 35.5. The van der Waals surface area contributed by atoms with Gasteiger partial charge in [0.15, 0.2) is 0 Å². The van der Waals surface area contributed by atoms with E-state index in [1.807, 2.05) is 41.1 Å². The van der Waals surface area contributed by atoms with Crippen LogP contribution in [0.5, 0.6) is 0 Å². The molecule has 0 fully saturated rings. The van der Waals surface area contributed by atoms with Crippen molar-refractivity contribution in [1.82, 2.24) is 9.88 Å². The maximum atomic E-state index is 14.3. The van der Waals surface area contributed by atoms with Gasteiger partial charge in [-0.25, -0.2) is 4.39 Å². The molecule has 190 valence electrons. The van der Waals surface area contributed by atoms with E-state index in [0.717, 1.165) is 22.0 Å². The molecular weight excluding hydrogens is 475 g/mol. The molecular formula is C26H32ClFN2O5. The van der Waals surface area contributed by atoms with Crippen LogP contribution in [0.1, 0.15) is 17.5 Å². The predicted octanol–water partition coefficient (Wildman–Crippen LogP) is 4.18. The Morgan fingerprint density at radius 1 is 0.971 bits per heavy atom. The summed E-state index contributed by atoms with van der Waals surface area (Å²) in [5.41, 5.74) is 2.87. The minimum atomic E-state index is -0.290. The molecule has 0 saturated heterocycles. The van der Waals surface area contributed by atoms with Gasteiger partial charge in [0.25, 0.3) is 0 Å². The first-order valence-corrected chi connectivity index (χ1v) is 12.0. The zero-order valence-corrected chi connectivity index (χ0v) is 20.7. The molecule has 0 radical (unpaired) electrons. The number of hydrogen-bond acceptors (Lipinski definition) is 6. The number of carbonyl (C=O) groups excluding carboxylic acids is 1. The minimum absolute atomic E-state index is 0.239. The largest absolute Gasteiger partial charge is 0.469 e. The third kappa shape index (κ3) is 9.23. The van der Waals surface area contributed by atoms with Crippen LogP contribution in [0.25, 0.3) is 10.9 Å². The van der Waals surface area contributed by atoms with E-state index in [9.17, 15) is 9.18 Å². The quantitative estimate of drug-likeness (QED) is 0.232. The summed E-state index contributed by atoms with van der Waals surface area (Å²) in [6.45, 7) is 4.47. The van der Waals surface area contributed by atoms with Crippen molar-refractivity contribution in [2.75, 3.05) is 53.3 Å². The number of halogens is 2. The van der Waals surface area contributed by atoms with Gasteiger partial charge in [0.05, 0.1) is 58.7 Å². The average Bonchev–Trinajstić information content (AvgIpc) is 3.25. The number of aromatic nitrogens is 1. The van der Waals surface area contributed by atoms with E-state index in [0.29, 0.717) is 64.3 Å². The second kappa shape index (κ2) is 14.8. The smallest absolute Gasteiger partial charge is 0.307 e. The maximum Gasteiger partial charge on any atom is 0.307 e. The molecule has 3 aromatic rings. The third-order valence-corrected chi connectivity index (χ3v) is 5.62. The van der Waals surface area contributed by atoms with E-state index in [2.05, 4.69) is 10.1 Å². The summed E-state index contributed by atoms with van der Waals surface area (Å²) in [4.78, 5) is 10.9. The Morgan fingerprint density at radius 3 is 2.37 bits per heavy atom. The van der Waals surface area contributed by atoms with Gasteiger partial charge in [-0.2, -0.15) is 0 Å². The highest BCUT2D eigenvalue weighted by Crippen LogP contribution is 2.23. The Labute approximate surface area is 210 Å². The van der Waals surface area contributed by atoms with Gasteiger partial charge >= 0.3 is 5.97 Å². The van der Waals surface area contributed by atoms with Crippen LogP contribution < -0.4 is 5.32 Å². The number of esters is 1. The number of methoxy groups -OCH3 is 1. The van der Waals surface area contributed by atoms with E-state index < -0.39 is 0 Å². The highest BCUT2D eigenvalue weighted by molar-refractivity contribution is 6.30. The summed E-state index contributed by atoms with van der Waals surface area (Å²) in [5, 5.41) is 5.03. The van der Waals surface area contributed by atoms with Gasteiger partial charge in [-0.05, 0) is 41.5 Å². The van der Waals surface area contributed by atoms with Crippen LogP contribution in [0.3, 0.4) is 0 Å². The fourth-order valence-corrected chi connectivity index (χ4v) is 3.70. The highest BCUT2D eigenvalue weighted by Gasteiger charge is 2.09. The number of fused-ring (bicyclic) bond motifs is 1. The Bertz CT molecular complexity index is 1060. The molecule has 0 aliphatic rings. The second-order valence-corrected chi connectivity index (χ2v) is 8.34.